The lowest BCUT2D eigenvalue weighted by Crippen LogP contribution is -2.38. The van der Waals surface area contributed by atoms with Gasteiger partial charge in [-0.15, -0.1) is 35.3 Å². The lowest BCUT2D eigenvalue weighted by Gasteiger charge is -2.11. The lowest BCUT2D eigenvalue weighted by atomic mass is 10.1. The van der Waals surface area contributed by atoms with Crippen LogP contribution in [-0.4, -0.2) is 37.7 Å². The van der Waals surface area contributed by atoms with Crippen molar-refractivity contribution in [2.24, 2.45) is 4.99 Å². The Kier molecular flexibility index (Phi) is 10.6. The van der Waals surface area contributed by atoms with Crippen LogP contribution in [0.2, 0.25) is 0 Å². The number of aryl methyl sites for hydroxylation is 2. The van der Waals surface area contributed by atoms with Gasteiger partial charge in [-0.2, -0.15) is 0 Å². The van der Waals surface area contributed by atoms with Crippen LogP contribution in [0.4, 0.5) is 0 Å². The van der Waals surface area contributed by atoms with Gasteiger partial charge in [0.15, 0.2) is 5.96 Å². The molecule has 26 heavy (non-hydrogen) atoms. The molecule has 0 aliphatic rings. The highest BCUT2D eigenvalue weighted by atomic mass is 127. The summed E-state index contributed by atoms with van der Waals surface area (Å²) in [6.45, 7) is 8.68. The van der Waals surface area contributed by atoms with Crippen molar-refractivity contribution in [1.29, 1.82) is 0 Å². The van der Waals surface area contributed by atoms with E-state index >= 15 is 0 Å². The van der Waals surface area contributed by atoms with E-state index in [-0.39, 0.29) is 24.0 Å². The van der Waals surface area contributed by atoms with E-state index in [2.05, 4.69) is 53.5 Å². The molecular formula is C19H29IN4OS. The largest absolute Gasteiger partial charge is 0.497 e. The Bertz CT molecular complexity index is 666. The molecule has 0 saturated carbocycles. The molecule has 0 unspecified atom stereocenters. The summed E-state index contributed by atoms with van der Waals surface area (Å²) >= 11 is 1.77. The van der Waals surface area contributed by atoms with Crippen LogP contribution in [0.3, 0.4) is 0 Å². The van der Waals surface area contributed by atoms with Gasteiger partial charge in [0, 0.05) is 30.9 Å². The number of nitrogens with one attached hydrogen (secondary N) is 2. The summed E-state index contributed by atoms with van der Waals surface area (Å²) in [5, 5.41) is 7.84. The number of ether oxygens (including phenoxy) is 1. The van der Waals surface area contributed by atoms with E-state index in [1.807, 2.05) is 12.1 Å². The van der Waals surface area contributed by atoms with Crippen LogP contribution < -0.4 is 15.4 Å². The second-order valence-electron chi connectivity index (χ2n) is 5.78. The fraction of sp³-hybridized carbons (Fsp3) is 0.474. The van der Waals surface area contributed by atoms with Gasteiger partial charge < -0.3 is 15.4 Å². The van der Waals surface area contributed by atoms with Gasteiger partial charge in [-0.05, 0) is 44.9 Å². The molecule has 2 aromatic rings. The number of aliphatic imine (C=N–C) groups is 1. The molecular weight excluding hydrogens is 459 g/mol. The van der Waals surface area contributed by atoms with Gasteiger partial charge in [0.05, 0.1) is 17.8 Å². The van der Waals surface area contributed by atoms with Crippen molar-refractivity contribution in [2.75, 3.05) is 26.7 Å². The van der Waals surface area contributed by atoms with E-state index in [4.69, 9.17) is 4.74 Å². The molecule has 2 N–H and O–H groups in total. The molecule has 1 aromatic carbocycles. The minimum absolute atomic E-state index is 0. The molecule has 0 spiro atoms. The summed E-state index contributed by atoms with van der Waals surface area (Å²) in [4.78, 5) is 10.5. The maximum absolute atomic E-state index is 5.18. The van der Waals surface area contributed by atoms with Crippen LogP contribution in [0.15, 0.2) is 29.3 Å². The molecule has 1 aromatic heterocycles. The molecule has 0 bridgehead atoms. The first-order chi connectivity index (χ1) is 12.1. The Morgan fingerprint density at radius 2 is 1.88 bits per heavy atom. The van der Waals surface area contributed by atoms with Crippen molar-refractivity contribution in [1.82, 2.24) is 15.6 Å². The van der Waals surface area contributed by atoms with Crippen LogP contribution in [0, 0.1) is 13.8 Å². The molecule has 0 fully saturated rings. The number of rotatable bonds is 8. The molecule has 5 nitrogen and oxygen atoms in total. The predicted molar refractivity (Wildman–Crippen MR) is 121 cm³/mol. The fourth-order valence-electron chi connectivity index (χ4n) is 2.37. The number of hydrogen-bond acceptors (Lipinski definition) is 4. The molecule has 0 saturated heterocycles. The number of guanidine groups is 1. The zero-order valence-electron chi connectivity index (χ0n) is 16.0. The Labute approximate surface area is 177 Å². The monoisotopic (exact) mass is 488 g/mol. The predicted octanol–water partition coefficient (Wildman–Crippen LogP) is 3.73. The van der Waals surface area contributed by atoms with E-state index in [1.54, 1.807) is 18.4 Å². The molecule has 0 aliphatic carbocycles. The number of aromatic nitrogens is 1. The van der Waals surface area contributed by atoms with Crippen LogP contribution in [0.25, 0.3) is 0 Å². The van der Waals surface area contributed by atoms with E-state index in [1.165, 1.54) is 10.4 Å². The molecule has 0 amide bonds. The fourth-order valence-corrected chi connectivity index (χ4v) is 3.29. The number of halogens is 1. The van der Waals surface area contributed by atoms with Crippen LogP contribution in [0.5, 0.6) is 5.75 Å². The quantitative estimate of drug-likeness (QED) is 0.338. The van der Waals surface area contributed by atoms with Crippen molar-refractivity contribution in [2.45, 2.75) is 33.6 Å². The van der Waals surface area contributed by atoms with Crippen LogP contribution in [-0.2, 0) is 12.8 Å². The molecule has 1 heterocycles. The minimum atomic E-state index is 0. The number of thiazole rings is 1. The number of benzene rings is 1. The topological polar surface area (TPSA) is 58.5 Å². The van der Waals surface area contributed by atoms with E-state index < -0.39 is 0 Å². The van der Waals surface area contributed by atoms with Gasteiger partial charge in [-0.25, -0.2) is 4.98 Å². The summed E-state index contributed by atoms with van der Waals surface area (Å²) in [5.74, 6) is 1.75. The zero-order valence-corrected chi connectivity index (χ0v) is 19.1. The van der Waals surface area contributed by atoms with Crippen molar-refractivity contribution in [3.63, 3.8) is 0 Å². The van der Waals surface area contributed by atoms with Crippen molar-refractivity contribution in [3.8, 4) is 5.75 Å². The number of hydrogen-bond donors (Lipinski definition) is 2. The third kappa shape index (κ3) is 7.49. The van der Waals surface area contributed by atoms with Gasteiger partial charge in [0.1, 0.15) is 5.75 Å². The highest BCUT2D eigenvalue weighted by molar-refractivity contribution is 14.0. The van der Waals surface area contributed by atoms with Crippen LogP contribution in [0.1, 0.15) is 28.1 Å². The van der Waals surface area contributed by atoms with Gasteiger partial charge in [-0.1, -0.05) is 12.1 Å². The SMILES string of the molecule is CCNC(=NCCc1nc(C)c(C)s1)NCCc1ccc(OC)cc1.I. The Hall–Kier alpha value is -1.35. The minimum Gasteiger partial charge on any atom is -0.497 e. The average Bonchev–Trinajstić information content (AvgIpc) is 2.93. The van der Waals surface area contributed by atoms with Gasteiger partial charge in [0.25, 0.3) is 0 Å². The summed E-state index contributed by atoms with van der Waals surface area (Å²) < 4.78 is 5.18. The third-order valence-electron chi connectivity index (χ3n) is 3.88. The molecule has 0 aliphatic heterocycles. The first-order valence-corrected chi connectivity index (χ1v) is 9.52. The van der Waals surface area contributed by atoms with Crippen molar-refractivity contribution < 1.29 is 4.74 Å². The smallest absolute Gasteiger partial charge is 0.191 e. The van der Waals surface area contributed by atoms with Gasteiger partial charge in [0.2, 0.25) is 0 Å². The Morgan fingerprint density at radius 1 is 1.15 bits per heavy atom. The lowest BCUT2D eigenvalue weighted by molar-refractivity contribution is 0.414. The molecule has 2 rings (SSSR count). The highest BCUT2D eigenvalue weighted by Crippen LogP contribution is 2.16. The molecule has 7 heteroatoms. The van der Waals surface area contributed by atoms with Crippen LogP contribution >= 0.6 is 35.3 Å². The molecule has 0 atom stereocenters. The first-order valence-electron chi connectivity index (χ1n) is 8.70. The maximum Gasteiger partial charge on any atom is 0.191 e. The first kappa shape index (κ1) is 22.7. The summed E-state index contributed by atoms with van der Waals surface area (Å²) in [6.07, 6.45) is 1.83. The van der Waals surface area contributed by atoms with E-state index in [0.29, 0.717) is 0 Å². The van der Waals surface area contributed by atoms with Crippen molar-refractivity contribution >= 4 is 41.3 Å². The standard InChI is InChI=1S/C19H28N4OS.HI/c1-5-20-19(22-13-11-18-23-14(2)15(3)25-18)21-12-10-16-6-8-17(24-4)9-7-16;/h6-9H,5,10-13H2,1-4H3,(H2,20,21,22);1H. The number of nitrogens with zero attached hydrogens (tertiary/aromatic N) is 2. The summed E-state index contributed by atoms with van der Waals surface area (Å²) in [5.41, 5.74) is 2.41. The molecule has 0 radical (unpaired) electrons. The summed E-state index contributed by atoms with van der Waals surface area (Å²) in [7, 11) is 1.68. The normalized spacial score (nSPS) is 11.0. The maximum atomic E-state index is 5.18. The Morgan fingerprint density at radius 3 is 2.46 bits per heavy atom. The number of methoxy groups -OCH3 is 1. The van der Waals surface area contributed by atoms with Gasteiger partial charge in [-0.3, -0.25) is 4.99 Å². The van der Waals surface area contributed by atoms with E-state index in [9.17, 15) is 0 Å². The second kappa shape index (κ2) is 12.1. The zero-order chi connectivity index (χ0) is 18.1. The summed E-state index contributed by atoms with van der Waals surface area (Å²) in [6, 6.07) is 8.18. The average molecular weight is 488 g/mol. The Balaban J connectivity index is 0.00000338. The second-order valence-corrected chi connectivity index (χ2v) is 7.07. The van der Waals surface area contributed by atoms with Gasteiger partial charge >= 0.3 is 0 Å². The van der Waals surface area contributed by atoms with E-state index in [0.717, 1.165) is 54.9 Å². The molecule has 144 valence electrons. The van der Waals surface area contributed by atoms with Crippen molar-refractivity contribution in [3.05, 3.63) is 45.4 Å². The third-order valence-corrected chi connectivity index (χ3v) is 5.01. The highest BCUT2D eigenvalue weighted by Gasteiger charge is 2.03.